The summed E-state index contributed by atoms with van der Waals surface area (Å²) in [5.74, 6) is -1.63. The van der Waals surface area contributed by atoms with E-state index in [0.29, 0.717) is 24.5 Å². The molecule has 0 saturated heterocycles. The Labute approximate surface area is 188 Å². The van der Waals surface area contributed by atoms with Gasteiger partial charge in [-0.3, -0.25) is 14.3 Å². The van der Waals surface area contributed by atoms with Gasteiger partial charge >= 0.3 is 5.97 Å². The van der Waals surface area contributed by atoms with Crippen LogP contribution in [0.3, 0.4) is 0 Å². The van der Waals surface area contributed by atoms with Gasteiger partial charge in [0.15, 0.2) is 5.78 Å². The van der Waals surface area contributed by atoms with Crippen molar-refractivity contribution in [3.63, 3.8) is 0 Å². The normalized spacial score (nSPS) is 18.6. The number of carbonyl (C=O) groups is 2. The van der Waals surface area contributed by atoms with Crippen LogP contribution in [-0.4, -0.2) is 39.6 Å². The van der Waals surface area contributed by atoms with E-state index >= 15 is 0 Å². The Balaban J connectivity index is 2.00. The molecule has 0 radical (unpaired) electrons. The van der Waals surface area contributed by atoms with Gasteiger partial charge in [-0.25, -0.2) is 8.42 Å². The third kappa shape index (κ3) is 5.56. The van der Waals surface area contributed by atoms with E-state index in [9.17, 15) is 18.0 Å². The summed E-state index contributed by atoms with van der Waals surface area (Å²) < 4.78 is 36.3. The summed E-state index contributed by atoms with van der Waals surface area (Å²) in [6, 6.07) is 14.2. The quantitative estimate of drug-likeness (QED) is 0.479. The molecular weight excluding hydrogens is 430 g/mol. The van der Waals surface area contributed by atoms with Gasteiger partial charge in [0.25, 0.3) is 0 Å². The Morgan fingerprint density at radius 1 is 1.06 bits per heavy atom. The summed E-state index contributed by atoms with van der Waals surface area (Å²) in [7, 11) is -3.39. The molecule has 0 amide bonds. The molecule has 0 aliphatic heterocycles. The Kier molecular flexibility index (Phi) is 7.35. The molecule has 2 atom stereocenters. The van der Waals surface area contributed by atoms with Gasteiger partial charge in [-0.2, -0.15) is 0 Å². The Hall–Kier alpha value is -3.13. The molecule has 0 heterocycles. The third-order valence-electron chi connectivity index (χ3n) is 5.18. The van der Waals surface area contributed by atoms with E-state index in [4.69, 9.17) is 9.47 Å². The average molecular weight is 458 g/mol. The fraction of sp³-hybridized carbons (Fsp3) is 0.333. The van der Waals surface area contributed by atoms with E-state index in [1.54, 1.807) is 31.2 Å². The molecule has 0 saturated carbocycles. The van der Waals surface area contributed by atoms with Crippen LogP contribution in [0.15, 0.2) is 54.6 Å². The van der Waals surface area contributed by atoms with E-state index < -0.39 is 27.8 Å². The van der Waals surface area contributed by atoms with E-state index in [0.717, 1.165) is 23.0 Å². The maximum absolute atomic E-state index is 13.1. The zero-order valence-corrected chi connectivity index (χ0v) is 19.1. The number of para-hydroxylation sites is 1. The molecule has 32 heavy (non-hydrogen) atoms. The van der Waals surface area contributed by atoms with Gasteiger partial charge in [0.1, 0.15) is 11.7 Å². The Bertz CT molecular complexity index is 1120. The van der Waals surface area contributed by atoms with Crippen LogP contribution in [0.1, 0.15) is 37.3 Å². The van der Waals surface area contributed by atoms with Crippen molar-refractivity contribution in [2.24, 2.45) is 5.92 Å². The zero-order chi connectivity index (χ0) is 23.3. The summed E-state index contributed by atoms with van der Waals surface area (Å²) in [6.45, 7) is 4.23. The third-order valence-corrected chi connectivity index (χ3v) is 5.79. The summed E-state index contributed by atoms with van der Waals surface area (Å²) in [6.07, 6.45) is 3.00. The first-order chi connectivity index (χ1) is 15.2. The van der Waals surface area contributed by atoms with Crippen molar-refractivity contribution in [2.75, 3.05) is 24.2 Å². The first kappa shape index (κ1) is 23.5. The lowest BCUT2D eigenvalue weighted by Gasteiger charge is -2.30. The smallest absolute Gasteiger partial charge is 0.317 e. The highest BCUT2D eigenvalue weighted by molar-refractivity contribution is 7.92. The number of anilines is 1. The van der Waals surface area contributed by atoms with Crippen molar-refractivity contribution < 1.29 is 27.5 Å². The van der Waals surface area contributed by atoms with Crippen LogP contribution in [0.5, 0.6) is 5.75 Å². The van der Waals surface area contributed by atoms with E-state index in [2.05, 4.69) is 4.72 Å². The Morgan fingerprint density at radius 3 is 2.38 bits per heavy atom. The van der Waals surface area contributed by atoms with Crippen LogP contribution in [-0.2, 0) is 24.3 Å². The van der Waals surface area contributed by atoms with Crippen LogP contribution >= 0.6 is 0 Å². The predicted molar refractivity (Wildman–Crippen MR) is 123 cm³/mol. The fourth-order valence-electron chi connectivity index (χ4n) is 3.92. The summed E-state index contributed by atoms with van der Waals surface area (Å²) >= 11 is 0. The van der Waals surface area contributed by atoms with Crippen LogP contribution in [0.25, 0.3) is 5.57 Å². The molecule has 170 valence electrons. The van der Waals surface area contributed by atoms with E-state index in [1.165, 1.54) is 6.08 Å². The maximum Gasteiger partial charge on any atom is 0.317 e. The molecule has 2 aromatic carbocycles. The minimum atomic E-state index is -3.39. The van der Waals surface area contributed by atoms with E-state index in [1.807, 2.05) is 31.2 Å². The molecule has 3 rings (SSSR count). The number of nitrogens with one attached hydrogen (secondary N) is 1. The van der Waals surface area contributed by atoms with Crippen LogP contribution in [0, 0.1) is 5.92 Å². The molecule has 0 fully saturated rings. The molecule has 1 aliphatic rings. The van der Waals surface area contributed by atoms with Gasteiger partial charge in [-0.1, -0.05) is 30.3 Å². The number of sulfonamides is 1. The Morgan fingerprint density at radius 2 is 1.75 bits per heavy atom. The van der Waals surface area contributed by atoms with Gasteiger partial charge in [0.05, 0.1) is 19.5 Å². The minimum Gasteiger partial charge on any atom is -0.494 e. The first-order valence-corrected chi connectivity index (χ1v) is 12.3. The molecule has 0 unspecified atom stereocenters. The lowest BCUT2D eigenvalue weighted by atomic mass is 9.73. The topological polar surface area (TPSA) is 98.8 Å². The number of esters is 1. The van der Waals surface area contributed by atoms with Crippen LogP contribution in [0.2, 0.25) is 0 Å². The number of hydrogen-bond acceptors (Lipinski definition) is 6. The van der Waals surface area contributed by atoms with Crippen molar-refractivity contribution >= 4 is 33.0 Å². The fourth-order valence-corrected chi connectivity index (χ4v) is 4.48. The number of ether oxygens (including phenoxy) is 2. The second-order valence-electron chi connectivity index (χ2n) is 7.53. The van der Waals surface area contributed by atoms with Gasteiger partial charge < -0.3 is 9.47 Å². The average Bonchev–Trinajstić information content (AvgIpc) is 2.73. The highest BCUT2D eigenvalue weighted by Gasteiger charge is 2.40. The molecule has 0 aromatic heterocycles. The van der Waals surface area contributed by atoms with Gasteiger partial charge in [-0.15, -0.1) is 0 Å². The van der Waals surface area contributed by atoms with Crippen molar-refractivity contribution in [3.05, 3.63) is 65.7 Å². The molecule has 0 bridgehead atoms. The lowest BCUT2D eigenvalue weighted by Crippen LogP contribution is -2.34. The molecule has 0 spiro atoms. The molecule has 8 heteroatoms. The molecular formula is C24H27NO6S. The number of ketones is 1. The van der Waals surface area contributed by atoms with Crippen LogP contribution < -0.4 is 9.46 Å². The molecule has 2 aromatic rings. The number of rotatable bonds is 8. The minimum absolute atomic E-state index is 0.188. The largest absolute Gasteiger partial charge is 0.494 e. The monoisotopic (exact) mass is 457 g/mol. The standard InChI is InChI=1S/C24H27NO6S/c1-4-30-22-9-7-6-8-19(22)20-14-17(15-21(26)23(20)24(27)31-5-2)16-10-12-18(13-11-16)25-32(3,28)29/h6-13,15,20,23,25H,4-5,14H2,1-3H3/t20-,23-/m0/s1. The summed E-state index contributed by atoms with van der Waals surface area (Å²) in [5, 5.41) is 0. The lowest BCUT2D eigenvalue weighted by molar-refractivity contribution is -0.151. The van der Waals surface area contributed by atoms with Crippen molar-refractivity contribution in [1.82, 2.24) is 0 Å². The van der Waals surface area contributed by atoms with Crippen molar-refractivity contribution in [3.8, 4) is 5.75 Å². The SMILES string of the molecule is CCOC(=O)[C@@H]1C(=O)C=C(c2ccc(NS(C)(=O)=O)cc2)C[C@H]1c1ccccc1OCC. The second kappa shape index (κ2) is 9.99. The van der Waals surface area contributed by atoms with Gasteiger partial charge in [0.2, 0.25) is 10.0 Å². The number of carbonyl (C=O) groups excluding carboxylic acids is 2. The number of hydrogen-bond donors (Lipinski definition) is 1. The van der Waals surface area contributed by atoms with Crippen molar-refractivity contribution in [2.45, 2.75) is 26.2 Å². The highest BCUT2D eigenvalue weighted by Crippen LogP contribution is 2.43. The number of benzene rings is 2. The van der Waals surface area contributed by atoms with Gasteiger partial charge in [0, 0.05) is 11.6 Å². The second-order valence-corrected chi connectivity index (χ2v) is 9.28. The van der Waals surface area contributed by atoms with Gasteiger partial charge in [-0.05, 0) is 61.2 Å². The zero-order valence-electron chi connectivity index (χ0n) is 18.3. The summed E-state index contributed by atoms with van der Waals surface area (Å²) in [5.41, 5.74) is 2.75. The van der Waals surface area contributed by atoms with E-state index in [-0.39, 0.29) is 12.4 Å². The maximum atomic E-state index is 13.1. The highest BCUT2D eigenvalue weighted by atomic mass is 32.2. The molecule has 1 aliphatic carbocycles. The first-order valence-electron chi connectivity index (χ1n) is 10.4. The van der Waals surface area contributed by atoms with Crippen LogP contribution in [0.4, 0.5) is 5.69 Å². The van der Waals surface area contributed by atoms with Crippen molar-refractivity contribution in [1.29, 1.82) is 0 Å². The summed E-state index contributed by atoms with van der Waals surface area (Å²) in [4.78, 5) is 25.8. The molecule has 1 N–H and O–H groups in total. The molecule has 7 nitrogen and oxygen atoms in total. The number of allylic oxidation sites excluding steroid dienone is 2. The predicted octanol–water partition coefficient (Wildman–Crippen LogP) is 3.78.